The van der Waals surface area contributed by atoms with E-state index >= 15 is 0 Å². The normalized spacial score (nSPS) is 10.8. The van der Waals surface area contributed by atoms with Gasteiger partial charge in [-0.2, -0.15) is 18.3 Å². The molecule has 0 unspecified atom stereocenters. The third-order valence-electron chi connectivity index (χ3n) is 1.50. The Bertz CT molecular complexity index is 573. The molecule has 3 N–H and O–H groups in total. The number of alkyl halides is 3. The number of carbonyl (C=O) groups is 1. The van der Waals surface area contributed by atoms with Gasteiger partial charge in [0.05, 0.1) is 12.5 Å². The summed E-state index contributed by atoms with van der Waals surface area (Å²) in [6.45, 7) is 0. The van der Waals surface area contributed by atoms with Gasteiger partial charge in [0.15, 0.2) is 5.65 Å². The largest absolute Gasteiger partial charge is 0.490 e. The number of H-pyrrole nitrogens is 2. The first-order chi connectivity index (χ1) is 7.82. The third kappa shape index (κ3) is 3.29. The summed E-state index contributed by atoms with van der Waals surface area (Å²) in [5.74, 6) is -2.76. The Morgan fingerprint density at radius 3 is 2.47 bits per heavy atom. The summed E-state index contributed by atoms with van der Waals surface area (Å²) >= 11 is 0. The van der Waals surface area contributed by atoms with Gasteiger partial charge in [-0.1, -0.05) is 0 Å². The van der Waals surface area contributed by atoms with Crippen molar-refractivity contribution in [3.05, 3.63) is 22.9 Å². The molecule has 7 nitrogen and oxygen atoms in total. The second kappa shape index (κ2) is 4.63. The van der Waals surface area contributed by atoms with Gasteiger partial charge in [-0.05, 0) is 0 Å². The first-order valence-electron chi connectivity index (χ1n) is 3.99. The average molecular weight is 250 g/mol. The van der Waals surface area contributed by atoms with E-state index in [4.69, 9.17) is 9.90 Å². The second-order valence-electron chi connectivity index (χ2n) is 2.67. The molecule has 2 aromatic heterocycles. The van der Waals surface area contributed by atoms with E-state index in [1.807, 2.05) is 0 Å². The lowest BCUT2D eigenvalue weighted by molar-refractivity contribution is -0.192. The lowest BCUT2D eigenvalue weighted by atomic mass is 10.4. The molecule has 0 fully saturated rings. The maximum Gasteiger partial charge on any atom is 0.490 e. The second-order valence-corrected chi connectivity index (χ2v) is 2.67. The number of nitrogens with one attached hydrogen (secondary N) is 2. The fraction of sp³-hybridized carbons (Fsp3) is 0.143. The molecule has 0 aliphatic heterocycles. The minimum absolute atomic E-state index is 0.168. The van der Waals surface area contributed by atoms with Crippen LogP contribution in [0, 0.1) is 0 Å². The topological polar surface area (TPSA) is 112 Å². The van der Waals surface area contributed by atoms with Crippen LogP contribution < -0.4 is 5.56 Å². The van der Waals surface area contributed by atoms with Gasteiger partial charge >= 0.3 is 12.1 Å². The van der Waals surface area contributed by atoms with Crippen molar-refractivity contribution in [3.8, 4) is 0 Å². The minimum Gasteiger partial charge on any atom is -0.475 e. The van der Waals surface area contributed by atoms with Crippen molar-refractivity contribution < 1.29 is 23.1 Å². The molecule has 0 aromatic carbocycles. The number of carboxylic acid groups (broad SMARTS) is 1. The van der Waals surface area contributed by atoms with Crippen LogP contribution in [0.4, 0.5) is 13.2 Å². The Hall–Kier alpha value is -2.39. The van der Waals surface area contributed by atoms with Crippen LogP contribution in [0.15, 0.2) is 17.3 Å². The molecule has 0 aliphatic carbocycles. The third-order valence-corrected chi connectivity index (χ3v) is 1.50. The lowest BCUT2D eigenvalue weighted by Gasteiger charge is -1.93. The number of carboxylic acids is 1. The summed E-state index contributed by atoms with van der Waals surface area (Å²) in [5, 5.41) is 13.8. The van der Waals surface area contributed by atoms with E-state index in [0.29, 0.717) is 11.0 Å². The highest BCUT2D eigenvalue weighted by Gasteiger charge is 2.38. The summed E-state index contributed by atoms with van der Waals surface area (Å²) < 4.78 is 31.7. The molecule has 0 radical (unpaired) electrons. The summed E-state index contributed by atoms with van der Waals surface area (Å²) in [6, 6.07) is 0. The number of aromatic amines is 2. The zero-order valence-electron chi connectivity index (χ0n) is 7.95. The Balaban J connectivity index is 0.000000185. The summed E-state index contributed by atoms with van der Waals surface area (Å²) in [5.41, 5.74) is 0.350. The van der Waals surface area contributed by atoms with Gasteiger partial charge in [0, 0.05) is 0 Å². The molecule has 0 bridgehead atoms. The maximum absolute atomic E-state index is 10.9. The monoisotopic (exact) mass is 250 g/mol. The van der Waals surface area contributed by atoms with Crippen LogP contribution in [0.2, 0.25) is 0 Å². The summed E-state index contributed by atoms with van der Waals surface area (Å²) in [7, 11) is 0. The standard InChI is InChI=1S/C5H4N4O.C2HF3O2/c10-5-3-1-8-9-4(3)6-2-7-5;3-2(4,5)1(6)7/h1-2H,(H2,6,7,8,9,10);(H,6,7). The summed E-state index contributed by atoms with van der Waals surface area (Å²) in [4.78, 5) is 26.0. The van der Waals surface area contributed by atoms with Crippen molar-refractivity contribution in [1.29, 1.82) is 0 Å². The van der Waals surface area contributed by atoms with Crippen molar-refractivity contribution in [1.82, 2.24) is 20.2 Å². The predicted molar refractivity (Wildman–Crippen MR) is 48.2 cm³/mol. The van der Waals surface area contributed by atoms with Gasteiger partial charge < -0.3 is 10.1 Å². The van der Waals surface area contributed by atoms with Crippen LogP contribution in [-0.2, 0) is 4.79 Å². The molecule has 0 saturated carbocycles. The van der Waals surface area contributed by atoms with Crippen molar-refractivity contribution in [3.63, 3.8) is 0 Å². The molecule has 0 amide bonds. The molecule has 92 valence electrons. The van der Waals surface area contributed by atoms with Crippen LogP contribution in [0.5, 0.6) is 0 Å². The van der Waals surface area contributed by atoms with Crippen molar-refractivity contribution in [2.24, 2.45) is 0 Å². The van der Waals surface area contributed by atoms with Gasteiger partial charge in [-0.15, -0.1) is 0 Å². The van der Waals surface area contributed by atoms with Crippen molar-refractivity contribution in [2.45, 2.75) is 6.18 Å². The van der Waals surface area contributed by atoms with E-state index in [0.717, 1.165) is 0 Å². The molecule has 2 heterocycles. The van der Waals surface area contributed by atoms with Crippen LogP contribution in [0.3, 0.4) is 0 Å². The molecule has 2 rings (SSSR count). The van der Waals surface area contributed by atoms with E-state index in [9.17, 15) is 18.0 Å². The smallest absolute Gasteiger partial charge is 0.475 e. The molecular weight excluding hydrogens is 245 g/mol. The first kappa shape index (κ1) is 12.7. The molecule has 2 aromatic rings. The number of hydrogen-bond donors (Lipinski definition) is 3. The van der Waals surface area contributed by atoms with E-state index in [-0.39, 0.29) is 5.56 Å². The predicted octanol–water partition coefficient (Wildman–Crippen LogP) is 0.279. The van der Waals surface area contributed by atoms with E-state index in [2.05, 4.69) is 20.2 Å². The zero-order valence-corrected chi connectivity index (χ0v) is 7.95. The molecule has 0 saturated heterocycles. The van der Waals surface area contributed by atoms with E-state index in [1.165, 1.54) is 12.5 Å². The minimum atomic E-state index is -5.08. The zero-order chi connectivity index (χ0) is 13.1. The quantitative estimate of drug-likeness (QED) is 0.621. The van der Waals surface area contributed by atoms with Gasteiger partial charge in [-0.3, -0.25) is 9.89 Å². The number of hydrogen-bond acceptors (Lipinski definition) is 4. The first-order valence-corrected chi connectivity index (χ1v) is 3.99. The molecule has 0 spiro atoms. The number of nitrogens with zero attached hydrogens (tertiary/aromatic N) is 2. The molecule has 0 atom stereocenters. The fourth-order valence-electron chi connectivity index (χ4n) is 0.777. The maximum atomic E-state index is 10.9. The van der Waals surface area contributed by atoms with Crippen molar-refractivity contribution >= 4 is 17.0 Å². The van der Waals surface area contributed by atoms with Gasteiger partial charge in [0.25, 0.3) is 5.56 Å². The lowest BCUT2D eigenvalue weighted by Crippen LogP contribution is -2.21. The van der Waals surface area contributed by atoms with Gasteiger partial charge in [0.1, 0.15) is 5.39 Å². The molecule has 0 aliphatic rings. The number of aromatic nitrogens is 4. The number of halogens is 3. The number of fused-ring (bicyclic) bond motifs is 1. The highest BCUT2D eigenvalue weighted by molar-refractivity contribution is 5.73. The average Bonchev–Trinajstić information content (AvgIpc) is 2.66. The highest BCUT2D eigenvalue weighted by atomic mass is 19.4. The van der Waals surface area contributed by atoms with E-state index in [1.54, 1.807) is 0 Å². The SMILES string of the molecule is O=C(O)C(F)(F)F.O=c1[nH]cnc2[nH]ncc12. The van der Waals surface area contributed by atoms with E-state index < -0.39 is 12.1 Å². The van der Waals surface area contributed by atoms with Crippen LogP contribution in [-0.4, -0.2) is 37.4 Å². The molecular formula is C7H5F3N4O3. The Morgan fingerprint density at radius 2 is 2.00 bits per heavy atom. The van der Waals surface area contributed by atoms with Crippen LogP contribution in [0.1, 0.15) is 0 Å². The van der Waals surface area contributed by atoms with Crippen LogP contribution >= 0.6 is 0 Å². The Labute approximate surface area is 90.3 Å². The van der Waals surface area contributed by atoms with Crippen LogP contribution in [0.25, 0.3) is 11.0 Å². The number of rotatable bonds is 0. The highest BCUT2D eigenvalue weighted by Crippen LogP contribution is 2.13. The van der Waals surface area contributed by atoms with Crippen molar-refractivity contribution in [2.75, 3.05) is 0 Å². The molecule has 10 heteroatoms. The Kier molecular flexibility index (Phi) is 3.46. The van der Waals surface area contributed by atoms with Gasteiger partial charge in [0.2, 0.25) is 0 Å². The Morgan fingerprint density at radius 1 is 1.41 bits per heavy atom. The fourth-order valence-corrected chi connectivity index (χ4v) is 0.777. The molecule has 17 heavy (non-hydrogen) atoms. The number of aliphatic carboxylic acids is 1. The van der Waals surface area contributed by atoms with Gasteiger partial charge in [-0.25, -0.2) is 9.78 Å². The summed E-state index contributed by atoms with van der Waals surface area (Å²) in [6.07, 6.45) is -2.30.